The van der Waals surface area contributed by atoms with Crippen LogP contribution in [-0.4, -0.2) is 53.7 Å². The van der Waals surface area contributed by atoms with Gasteiger partial charge >= 0.3 is 0 Å². The van der Waals surface area contributed by atoms with Gasteiger partial charge in [-0.25, -0.2) is 0 Å². The number of rotatable bonds is 8. The number of methoxy groups -OCH3 is 1. The third-order valence-corrected chi connectivity index (χ3v) is 5.37. The average Bonchev–Trinajstić information content (AvgIpc) is 2.74. The molecule has 2 aromatic rings. The van der Waals surface area contributed by atoms with Gasteiger partial charge in [0.15, 0.2) is 0 Å². The van der Waals surface area contributed by atoms with E-state index in [1.807, 2.05) is 31.2 Å². The van der Waals surface area contributed by atoms with Crippen molar-refractivity contribution in [1.82, 2.24) is 19.8 Å². The van der Waals surface area contributed by atoms with Crippen molar-refractivity contribution in [3.8, 4) is 0 Å². The largest absolute Gasteiger partial charge is 0.383 e. The van der Waals surface area contributed by atoms with Gasteiger partial charge in [-0.05, 0) is 62.5 Å². The molecule has 1 saturated heterocycles. The second-order valence-corrected chi connectivity index (χ2v) is 7.58. The Kier molecular flexibility index (Phi) is 11.8. The SMILES string of the molecule is COCCN(Cc1ccccn1)C(=O)c1c(C)ccn(CC2CCCNC2)c1=O.Cl.Cl. The summed E-state index contributed by atoms with van der Waals surface area (Å²) in [6, 6.07) is 7.46. The maximum Gasteiger partial charge on any atom is 0.263 e. The van der Waals surface area contributed by atoms with E-state index in [-0.39, 0.29) is 41.8 Å². The molecule has 0 radical (unpaired) electrons. The Morgan fingerprint density at radius 3 is 2.77 bits per heavy atom. The predicted molar refractivity (Wildman–Crippen MR) is 126 cm³/mol. The molecule has 9 heteroatoms. The molecule has 7 nitrogen and oxygen atoms in total. The number of ether oxygens (including phenoxy) is 1. The molecule has 2 aromatic heterocycles. The minimum absolute atomic E-state index is 0. The molecule has 1 fully saturated rings. The molecule has 172 valence electrons. The summed E-state index contributed by atoms with van der Waals surface area (Å²) < 4.78 is 6.86. The summed E-state index contributed by atoms with van der Waals surface area (Å²) in [6.07, 6.45) is 5.72. The van der Waals surface area contributed by atoms with E-state index in [9.17, 15) is 9.59 Å². The zero-order valence-corrected chi connectivity index (χ0v) is 19.7. The molecule has 1 atom stereocenters. The highest BCUT2D eigenvalue weighted by atomic mass is 35.5. The smallest absolute Gasteiger partial charge is 0.263 e. The number of pyridine rings is 2. The number of carbonyl (C=O) groups is 1. The average molecular weight is 471 g/mol. The number of hydrogen-bond donors (Lipinski definition) is 1. The van der Waals surface area contributed by atoms with Crippen LogP contribution in [0.2, 0.25) is 0 Å². The van der Waals surface area contributed by atoms with Crippen molar-refractivity contribution >= 4 is 30.7 Å². The fourth-order valence-corrected chi connectivity index (χ4v) is 3.73. The van der Waals surface area contributed by atoms with Gasteiger partial charge in [0, 0.05) is 32.6 Å². The van der Waals surface area contributed by atoms with Gasteiger partial charge in [-0.1, -0.05) is 6.07 Å². The first-order valence-corrected chi connectivity index (χ1v) is 10.2. The molecule has 1 aliphatic heterocycles. The highest BCUT2D eigenvalue weighted by Gasteiger charge is 2.23. The summed E-state index contributed by atoms with van der Waals surface area (Å²) in [7, 11) is 1.60. The standard InChI is InChI=1S/C22H30N4O3.2ClH/c1-17-8-11-25(15-18-6-5-9-23-14-18)21(27)20(17)22(28)26(12-13-29-2)16-19-7-3-4-10-24-19;;/h3-4,7-8,10-11,18,23H,5-6,9,12-16H2,1-2H3;2*1H. The van der Waals surface area contributed by atoms with E-state index in [1.54, 1.807) is 29.0 Å². The number of nitrogens with one attached hydrogen (secondary N) is 1. The molecular weight excluding hydrogens is 439 g/mol. The minimum atomic E-state index is -0.272. The van der Waals surface area contributed by atoms with Crippen molar-refractivity contribution in [2.24, 2.45) is 5.92 Å². The van der Waals surface area contributed by atoms with Crippen molar-refractivity contribution in [3.63, 3.8) is 0 Å². The molecule has 0 aliphatic carbocycles. The molecule has 1 amide bonds. The van der Waals surface area contributed by atoms with Crippen molar-refractivity contribution in [2.45, 2.75) is 32.9 Å². The van der Waals surface area contributed by atoms with Crippen LogP contribution in [0.25, 0.3) is 0 Å². The number of halogens is 2. The number of aryl methyl sites for hydroxylation is 1. The van der Waals surface area contributed by atoms with Gasteiger partial charge in [0.05, 0.1) is 18.8 Å². The highest BCUT2D eigenvalue weighted by Crippen LogP contribution is 2.14. The van der Waals surface area contributed by atoms with Crippen LogP contribution in [-0.2, 0) is 17.8 Å². The monoisotopic (exact) mass is 470 g/mol. The van der Waals surface area contributed by atoms with Gasteiger partial charge in [0.2, 0.25) is 0 Å². The summed E-state index contributed by atoms with van der Waals surface area (Å²) in [6.45, 7) is 5.51. The second kappa shape index (κ2) is 13.5. The molecule has 3 heterocycles. The molecule has 1 unspecified atom stereocenters. The van der Waals surface area contributed by atoms with E-state index in [2.05, 4.69) is 10.3 Å². The third kappa shape index (κ3) is 7.31. The normalized spacial score (nSPS) is 15.5. The van der Waals surface area contributed by atoms with Gasteiger partial charge in [-0.15, -0.1) is 24.8 Å². The first-order chi connectivity index (χ1) is 14.1. The lowest BCUT2D eigenvalue weighted by Crippen LogP contribution is -2.40. The molecular formula is C22H32Cl2N4O3. The lowest BCUT2D eigenvalue weighted by atomic mass is 9.99. The van der Waals surface area contributed by atoms with Crippen molar-refractivity contribution in [2.75, 3.05) is 33.4 Å². The predicted octanol–water partition coefficient (Wildman–Crippen LogP) is 2.68. The molecule has 3 rings (SSSR count). The molecule has 0 saturated carbocycles. The lowest BCUT2D eigenvalue weighted by Gasteiger charge is -2.25. The molecule has 0 aromatic carbocycles. The summed E-state index contributed by atoms with van der Waals surface area (Å²) in [5.41, 5.74) is 1.49. The van der Waals surface area contributed by atoms with Gasteiger partial charge in [-0.3, -0.25) is 14.6 Å². The topological polar surface area (TPSA) is 76.5 Å². The van der Waals surface area contributed by atoms with E-state index < -0.39 is 0 Å². The Morgan fingerprint density at radius 2 is 2.13 bits per heavy atom. The van der Waals surface area contributed by atoms with Crippen LogP contribution < -0.4 is 10.9 Å². The van der Waals surface area contributed by atoms with Gasteiger partial charge in [0.1, 0.15) is 5.56 Å². The Hall–Kier alpha value is -1.93. The lowest BCUT2D eigenvalue weighted by molar-refractivity contribution is 0.0674. The van der Waals surface area contributed by atoms with Crippen molar-refractivity contribution in [1.29, 1.82) is 0 Å². The number of carbonyl (C=O) groups excluding carboxylic acids is 1. The number of hydrogen-bond acceptors (Lipinski definition) is 5. The summed E-state index contributed by atoms with van der Waals surface area (Å²) in [4.78, 5) is 32.5. The number of nitrogens with zero attached hydrogens (tertiary/aromatic N) is 3. The van der Waals surface area contributed by atoms with E-state index in [1.165, 1.54) is 0 Å². The van der Waals surface area contributed by atoms with Crippen molar-refractivity contribution < 1.29 is 9.53 Å². The first kappa shape index (κ1) is 27.1. The van der Waals surface area contributed by atoms with Crippen LogP contribution >= 0.6 is 24.8 Å². The van der Waals surface area contributed by atoms with E-state index >= 15 is 0 Å². The van der Waals surface area contributed by atoms with E-state index in [4.69, 9.17) is 4.74 Å². The van der Waals surface area contributed by atoms with Gasteiger partial charge in [0.25, 0.3) is 11.5 Å². The first-order valence-electron chi connectivity index (χ1n) is 10.2. The van der Waals surface area contributed by atoms with Crippen LogP contribution in [0.4, 0.5) is 0 Å². The second-order valence-electron chi connectivity index (χ2n) is 7.58. The molecule has 0 bridgehead atoms. The summed E-state index contributed by atoms with van der Waals surface area (Å²) in [5, 5.41) is 3.38. The van der Waals surface area contributed by atoms with Crippen LogP contribution in [0.1, 0.15) is 34.5 Å². The molecule has 1 N–H and O–H groups in total. The quantitative estimate of drug-likeness (QED) is 0.641. The maximum atomic E-state index is 13.4. The summed E-state index contributed by atoms with van der Waals surface area (Å²) >= 11 is 0. The zero-order chi connectivity index (χ0) is 20.6. The molecule has 0 spiro atoms. The molecule has 31 heavy (non-hydrogen) atoms. The van der Waals surface area contributed by atoms with Crippen molar-refractivity contribution in [3.05, 3.63) is 63.8 Å². The zero-order valence-electron chi connectivity index (χ0n) is 18.1. The third-order valence-electron chi connectivity index (χ3n) is 5.37. The van der Waals surface area contributed by atoms with Crippen LogP contribution in [0.5, 0.6) is 0 Å². The highest BCUT2D eigenvalue weighted by molar-refractivity contribution is 5.95. The fourth-order valence-electron chi connectivity index (χ4n) is 3.73. The van der Waals surface area contributed by atoms with Crippen LogP contribution in [0.15, 0.2) is 41.5 Å². The Morgan fingerprint density at radius 1 is 1.32 bits per heavy atom. The van der Waals surface area contributed by atoms with E-state index in [0.717, 1.165) is 31.6 Å². The number of piperidine rings is 1. The Bertz CT molecular complexity index is 871. The van der Waals surface area contributed by atoms with Crippen LogP contribution in [0, 0.1) is 12.8 Å². The maximum absolute atomic E-state index is 13.4. The van der Waals surface area contributed by atoms with E-state index in [0.29, 0.717) is 37.7 Å². The fraction of sp³-hybridized carbons (Fsp3) is 0.500. The van der Waals surface area contributed by atoms with Gasteiger partial charge in [-0.2, -0.15) is 0 Å². The molecule has 1 aliphatic rings. The number of amides is 1. The Labute approximate surface area is 196 Å². The number of aromatic nitrogens is 2. The minimum Gasteiger partial charge on any atom is -0.383 e. The summed E-state index contributed by atoms with van der Waals surface area (Å²) in [5.74, 6) is 0.136. The Balaban J connectivity index is 0.00000240. The van der Waals surface area contributed by atoms with Crippen LogP contribution in [0.3, 0.4) is 0 Å². The van der Waals surface area contributed by atoms with Gasteiger partial charge < -0.3 is 19.5 Å².